The van der Waals surface area contributed by atoms with Crippen molar-refractivity contribution in [2.24, 2.45) is 5.92 Å². The second-order valence-electron chi connectivity index (χ2n) is 9.08. The molecule has 0 saturated carbocycles. The summed E-state index contributed by atoms with van der Waals surface area (Å²) in [5.41, 5.74) is 3.61. The molecule has 0 unspecified atom stereocenters. The Balaban J connectivity index is 1.37. The van der Waals surface area contributed by atoms with E-state index in [0.717, 1.165) is 49.7 Å². The van der Waals surface area contributed by atoms with Gasteiger partial charge in [0.15, 0.2) is 0 Å². The van der Waals surface area contributed by atoms with E-state index < -0.39 is 0 Å². The number of fused-ring (bicyclic) bond motifs is 4. The highest BCUT2D eigenvalue weighted by Crippen LogP contribution is 2.35. The van der Waals surface area contributed by atoms with E-state index >= 15 is 0 Å². The molecule has 2 aromatic rings. The van der Waals surface area contributed by atoms with Gasteiger partial charge < -0.3 is 14.2 Å². The zero-order chi connectivity index (χ0) is 21.5. The van der Waals surface area contributed by atoms with E-state index in [9.17, 15) is 9.59 Å². The molecule has 2 fully saturated rings. The van der Waals surface area contributed by atoms with Crippen LogP contribution in [0.4, 0.5) is 0 Å². The average molecular weight is 426 g/mol. The minimum Gasteiger partial charge on any atom is -0.379 e. The first kappa shape index (κ1) is 20.5. The maximum Gasteiger partial charge on any atom is 0.272 e. The number of pyridine rings is 1. The van der Waals surface area contributed by atoms with Gasteiger partial charge >= 0.3 is 0 Å². The van der Waals surface area contributed by atoms with Gasteiger partial charge in [-0.1, -0.05) is 6.07 Å². The Morgan fingerprint density at radius 3 is 2.77 bits per heavy atom. The topological polar surface area (TPSA) is 72.6 Å². The summed E-state index contributed by atoms with van der Waals surface area (Å²) in [6.07, 6.45) is 1.04. The molecule has 1 amide bonds. The lowest BCUT2D eigenvalue weighted by molar-refractivity contribution is 0.0338. The summed E-state index contributed by atoms with van der Waals surface area (Å²) < 4.78 is 9.20. The first-order chi connectivity index (χ1) is 15.0. The van der Waals surface area contributed by atoms with Gasteiger partial charge in [-0.25, -0.2) is 0 Å². The van der Waals surface area contributed by atoms with Crippen molar-refractivity contribution in [3.8, 4) is 0 Å². The number of hydrogen-bond acceptors (Lipinski definition) is 5. The van der Waals surface area contributed by atoms with E-state index in [1.807, 2.05) is 35.4 Å². The maximum atomic E-state index is 13.3. The number of hydrogen-bond donors (Lipinski definition) is 0. The van der Waals surface area contributed by atoms with E-state index in [0.29, 0.717) is 44.3 Å². The molecule has 0 aromatic carbocycles. The summed E-state index contributed by atoms with van der Waals surface area (Å²) >= 11 is 0. The SMILES string of the molecule is CCn1nc(C)cc1C(=O)N1C[C@@H]2C[C@H](C1)c1ccc(CN3CCOCC3)c(=O)n1C2. The van der Waals surface area contributed by atoms with Crippen LogP contribution in [-0.4, -0.2) is 69.4 Å². The molecule has 3 aliphatic heterocycles. The number of carbonyl (C=O) groups is 1. The Bertz CT molecular complexity index is 1040. The second kappa shape index (κ2) is 8.24. The minimum absolute atomic E-state index is 0.0527. The smallest absolute Gasteiger partial charge is 0.272 e. The summed E-state index contributed by atoms with van der Waals surface area (Å²) in [5, 5.41) is 4.43. The third kappa shape index (κ3) is 3.83. The van der Waals surface area contributed by atoms with E-state index in [2.05, 4.69) is 16.1 Å². The van der Waals surface area contributed by atoms with Gasteiger partial charge in [0.05, 0.1) is 18.9 Å². The Kier molecular flexibility index (Phi) is 5.44. The molecule has 0 N–H and O–H groups in total. The van der Waals surface area contributed by atoms with E-state index in [-0.39, 0.29) is 17.4 Å². The molecule has 166 valence electrons. The quantitative estimate of drug-likeness (QED) is 0.742. The molecule has 8 nitrogen and oxygen atoms in total. The number of nitrogens with zero attached hydrogens (tertiary/aromatic N) is 5. The lowest BCUT2D eigenvalue weighted by Gasteiger charge is -2.43. The van der Waals surface area contributed by atoms with E-state index in [1.165, 1.54) is 0 Å². The van der Waals surface area contributed by atoms with Crippen molar-refractivity contribution >= 4 is 5.91 Å². The van der Waals surface area contributed by atoms with Crippen LogP contribution in [0.15, 0.2) is 23.0 Å². The molecule has 2 atom stereocenters. The fourth-order valence-corrected chi connectivity index (χ4v) is 5.40. The third-order valence-corrected chi connectivity index (χ3v) is 6.89. The van der Waals surface area contributed by atoms with Crippen molar-refractivity contribution in [2.75, 3.05) is 39.4 Å². The van der Waals surface area contributed by atoms with Gasteiger partial charge in [-0.2, -0.15) is 5.10 Å². The molecule has 0 spiro atoms. The van der Waals surface area contributed by atoms with Crippen molar-refractivity contribution in [3.63, 3.8) is 0 Å². The summed E-state index contributed by atoms with van der Waals surface area (Å²) in [7, 11) is 0. The highest BCUT2D eigenvalue weighted by Gasteiger charge is 2.37. The molecule has 8 heteroatoms. The fourth-order valence-electron chi connectivity index (χ4n) is 5.40. The number of aromatic nitrogens is 3. The van der Waals surface area contributed by atoms with Crippen molar-refractivity contribution in [3.05, 3.63) is 51.2 Å². The molecule has 2 aromatic heterocycles. The summed E-state index contributed by atoms with van der Waals surface area (Å²) in [6, 6.07) is 6.00. The fraction of sp³-hybridized carbons (Fsp3) is 0.609. The maximum absolute atomic E-state index is 13.3. The number of amides is 1. The van der Waals surface area contributed by atoms with Crippen LogP contribution in [0.2, 0.25) is 0 Å². The van der Waals surface area contributed by atoms with Crippen LogP contribution in [0.25, 0.3) is 0 Å². The largest absolute Gasteiger partial charge is 0.379 e. The summed E-state index contributed by atoms with van der Waals surface area (Å²) in [6.45, 7) is 10.5. The van der Waals surface area contributed by atoms with Crippen LogP contribution < -0.4 is 5.56 Å². The zero-order valence-corrected chi connectivity index (χ0v) is 18.4. The van der Waals surface area contributed by atoms with Gasteiger partial charge in [0.25, 0.3) is 11.5 Å². The molecule has 0 aliphatic carbocycles. The Hall–Kier alpha value is -2.45. The monoisotopic (exact) mass is 425 g/mol. The lowest BCUT2D eigenvalue weighted by atomic mass is 9.83. The number of morpholine rings is 1. The van der Waals surface area contributed by atoms with Gasteiger partial charge in [-0.3, -0.25) is 19.2 Å². The average Bonchev–Trinajstić information content (AvgIpc) is 3.17. The molecule has 2 bridgehead atoms. The van der Waals surface area contributed by atoms with E-state index in [1.54, 1.807) is 4.68 Å². The third-order valence-electron chi connectivity index (χ3n) is 6.89. The Labute approximate surface area is 182 Å². The Morgan fingerprint density at radius 2 is 2.00 bits per heavy atom. The molecular weight excluding hydrogens is 394 g/mol. The lowest BCUT2D eigenvalue weighted by Crippen LogP contribution is -2.50. The van der Waals surface area contributed by atoms with Crippen molar-refractivity contribution in [1.29, 1.82) is 0 Å². The van der Waals surface area contributed by atoms with Crippen LogP contribution in [-0.2, 0) is 24.4 Å². The number of carbonyl (C=O) groups excluding carboxylic acids is 1. The molecule has 31 heavy (non-hydrogen) atoms. The summed E-state index contributed by atoms with van der Waals surface area (Å²) in [4.78, 5) is 30.8. The van der Waals surface area contributed by atoms with Gasteiger partial charge in [0.2, 0.25) is 0 Å². The first-order valence-electron chi connectivity index (χ1n) is 11.4. The van der Waals surface area contributed by atoms with E-state index in [4.69, 9.17) is 4.74 Å². The highest BCUT2D eigenvalue weighted by atomic mass is 16.5. The van der Waals surface area contributed by atoms with Crippen LogP contribution in [0.5, 0.6) is 0 Å². The standard InChI is InChI=1S/C23H31N5O3/c1-3-28-21(10-16(2)24-28)23(30)26-12-17-11-19(15-26)20-5-4-18(22(29)27(20)13-17)14-25-6-8-31-9-7-25/h4-5,10,17,19H,3,6-9,11-15H2,1-2H3/t17-,19+/m0/s1. The number of rotatable bonds is 4. The van der Waals surface area contributed by atoms with Gasteiger partial charge in [0, 0.05) is 63.0 Å². The van der Waals surface area contributed by atoms with Crippen LogP contribution in [0, 0.1) is 12.8 Å². The van der Waals surface area contributed by atoms with Crippen LogP contribution in [0.3, 0.4) is 0 Å². The molecule has 3 aliphatic rings. The number of aryl methyl sites for hydroxylation is 2. The normalized spacial score (nSPS) is 23.6. The van der Waals surface area contributed by atoms with Crippen molar-refractivity contribution in [1.82, 2.24) is 24.1 Å². The van der Waals surface area contributed by atoms with Gasteiger partial charge in [-0.15, -0.1) is 0 Å². The van der Waals surface area contributed by atoms with Crippen molar-refractivity contribution in [2.45, 2.75) is 45.8 Å². The second-order valence-corrected chi connectivity index (χ2v) is 9.08. The Morgan fingerprint density at radius 1 is 1.19 bits per heavy atom. The molecule has 2 saturated heterocycles. The first-order valence-corrected chi connectivity index (χ1v) is 11.4. The number of likely N-dealkylation sites (tertiary alicyclic amines) is 1. The predicted molar refractivity (Wildman–Crippen MR) is 116 cm³/mol. The molecule has 5 heterocycles. The molecule has 5 rings (SSSR count). The summed E-state index contributed by atoms with van der Waals surface area (Å²) in [5.74, 6) is 0.572. The molecule has 0 radical (unpaired) electrons. The van der Waals surface area contributed by atoms with Crippen LogP contribution >= 0.6 is 0 Å². The van der Waals surface area contributed by atoms with Gasteiger partial charge in [0.1, 0.15) is 5.69 Å². The predicted octanol–water partition coefficient (Wildman–Crippen LogP) is 1.46. The van der Waals surface area contributed by atoms with Gasteiger partial charge in [-0.05, 0) is 38.3 Å². The number of piperidine rings is 1. The molecular formula is C23H31N5O3. The van der Waals surface area contributed by atoms with Crippen molar-refractivity contribution < 1.29 is 9.53 Å². The zero-order valence-electron chi connectivity index (χ0n) is 18.4. The highest BCUT2D eigenvalue weighted by molar-refractivity contribution is 5.92. The number of ether oxygens (including phenoxy) is 1. The van der Waals surface area contributed by atoms with Crippen LogP contribution in [0.1, 0.15) is 46.7 Å². The minimum atomic E-state index is 0.0527.